The summed E-state index contributed by atoms with van der Waals surface area (Å²) in [6, 6.07) is 13.0. The van der Waals surface area contributed by atoms with Crippen molar-refractivity contribution in [2.75, 3.05) is 18.2 Å². The van der Waals surface area contributed by atoms with E-state index in [1.165, 1.54) is 16.9 Å². The van der Waals surface area contributed by atoms with Gasteiger partial charge in [0.05, 0.1) is 5.69 Å². The Morgan fingerprint density at radius 1 is 1.25 bits per heavy atom. The molecule has 2 aromatic rings. The van der Waals surface area contributed by atoms with Crippen LogP contribution >= 0.6 is 23.4 Å². The van der Waals surface area contributed by atoms with E-state index in [1.807, 2.05) is 36.2 Å². The monoisotopic (exact) mass is 362 g/mol. The average Bonchev–Trinajstić information content (AvgIpc) is 3.14. The van der Waals surface area contributed by atoms with Crippen molar-refractivity contribution < 1.29 is 4.74 Å². The largest absolute Gasteiger partial charge is 0.492 e. The Bertz CT molecular complexity index is 627. The lowest BCUT2D eigenvalue weighted by atomic mass is 10.1. The molecule has 2 unspecified atom stereocenters. The molecule has 0 radical (unpaired) electrons. The number of aryl methyl sites for hydroxylation is 1. The van der Waals surface area contributed by atoms with Crippen molar-refractivity contribution in [1.29, 1.82) is 0 Å². The van der Waals surface area contributed by atoms with Crippen LogP contribution in [-0.4, -0.2) is 29.3 Å². The van der Waals surface area contributed by atoms with E-state index in [1.54, 1.807) is 0 Å². The number of aromatic nitrogens is 1. The number of hydrogen-bond donors (Lipinski definition) is 1. The van der Waals surface area contributed by atoms with Crippen LogP contribution in [0.1, 0.15) is 29.1 Å². The zero-order valence-corrected chi connectivity index (χ0v) is 15.4. The van der Waals surface area contributed by atoms with Crippen molar-refractivity contribution >= 4 is 23.4 Å². The number of pyridine rings is 1. The fraction of sp³-hybridized carbons (Fsp3) is 0.421. The minimum absolute atomic E-state index is 0.240. The molecule has 0 spiro atoms. The molecule has 1 aromatic heterocycles. The Balaban J connectivity index is 1.50. The summed E-state index contributed by atoms with van der Waals surface area (Å²) in [5, 5.41) is 3.25. The van der Waals surface area contributed by atoms with Gasteiger partial charge in [-0.1, -0.05) is 25.1 Å². The van der Waals surface area contributed by atoms with Crippen LogP contribution in [0.3, 0.4) is 0 Å². The maximum Gasteiger partial charge on any atom is 0.119 e. The summed E-state index contributed by atoms with van der Waals surface area (Å²) in [7, 11) is 0. The van der Waals surface area contributed by atoms with Crippen molar-refractivity contribution in [3.8, 4) is 5.75 Å². The maximum atomic E-state index is 6.40. The minimum Gasteiger partial charge on any atom is -0.492 e. The summed E-state index contributed by atoms with van der Waals surface area (Å²) in [5.41, 5.74) is 3.41. The first-order chi connectivity index (χ1) is 11.7. The molecule has 3 nitrogen and oxygen atoms in total. The third kappa shape index (κ3) is 4.88. The Morgan fingerprint density at radius 3 is 2.67 bits per heavy atom. The molecule has 1 aliphatic heterocycles. The molecule has 0 amide bonds. The first-order valence-corrected chi connectivity index (χ1v) is 9.95. The van der Waals surface area contributed by atoms with Crippen LogP contribution in [0.2, 0.25) is 0 Å². The lowest BCUT2D eigenvalue weighted by Crippen LogP contribution is -2.25. The molecule has 0 aliphatic carbocycles. The second-order valence-corrected chi connectivity index (χ2v) is 7.54. The maximum absolute atomic E-state index is 6.40. The van der Waals surface area contributed by atoms with E-state index in [-0.39, 0.29) is 5.38 Å². The SMILES string of the molecule is CCc1ccc(C(Cl)COc2ccc(CC3CSCN3)cc2)nc1. The van der Waals surface area contributed by atoms with Gasteiger partial charge < -0.3 is 10.1 Å². The molecule has 1 aliphatic rings. The molecule has 128 valence electrons. The first-order valence-electron chi connectivity index (χ1n) is 8.36. The van der Waals surface area contributed by atoms with Gasteiger partial charge >= 0.3 is 0 Å². The Morgan fingerprint density at radius 2 is 2.04 bits per heavy atom. The number of nitrogens with zero attached hydrogens (tertiary/aromatic N) is 1. The van der Waals surface area contributed by atoms with Crippen LogP contribution in [0.25, 0.3) is 0 Å². The van der Waals surface area contributed by atoms with Gasteiger partial charge in [0.15, 0.2) is 0 Å². The highest BCUT2D eigenvalue weighted by Gasteiger charge is 2.15. The van der Waals surface area contributed by atoms with E-state index in [4.69, 9.17) is 16.3 Å². The molecule has 5 heteroatoms. The standard InChI is InChI=1S/C19H23ClN2OS/c1-2-14-5-8-19(21-10-14)18(20)11-23-17-6-3-15(4-7-17)9-16-12-24-13-22-16/h3-8,10,16,18,22H,2,9,11-13H2,1H3. The van der Waals surface area contributed by atoms with Gasteiger partial charge in [-0.2, -0.15) is 0 Å². The van der Waals surface area contributed by atoms with Crippen LogP contribution in [0, 0.1) is 0 Å². The van der Waals surface area contributed by atoms with Gasteiger partial charge in [0.2, 0.25) is 0 Å². The van der Waals surface area contributed by atoms with Gasteiger partial charge in [0, 0.05) is 23.9 Å². The summed E-state index contributed by atoms with van der Waals surface area (Å²) < 4.78 is 5.81. The van der Waals surface area contributed by atoms with Crippen molar-refractivity contribution in [3.63, 3.8) is 0 Å². The van der Waals surface area contributed by atoms with Gasteiger partial charge in [-0.05, 0) is 42.2 Å². The number of ether oxygens (including phenoxy) is 1. The van der Waals surface area contributed by atoms with E-state index < -0.39 is 0 Å². The van der Waals surface area contributed by atoms with E-state index >= 15 is 0 Å². The number of nitrogens with one attached hydrogen (secondary N) is 1. The van der Waals surface area contributed by atoms with Gasteiger partial charge in [-0.25, -0.2) is 0 Å². The third-order valence-electron chi connectivity index (χ3n) is 4.17. The third-order valence-corrected chi connectivity index (χ3v) is 5.53. The molecule has 1 fully saturated rings. The molecule has 1 N–H and O–H groups in total. The summed E-state index contributed by atoms with van der Waals surface area (Å²) in [4.78, 5) is 4.41. The first kappa shape index (κ1) is 17.6. The number of hydrogen-bond acceptors (Lipinski definition) is 4. The average molecular weight is 363 g/mol. The Kier molecular flexibility index (Phi) is 6.41. The number of benzene rings is 1. The highest BCUT2D eigenvalue weighted by Crippen LogP contribution is 2.22. The molecule has 0 bridgehead atoms. The van der Waals surface area contributed by atoms with Crippen LogP contribution in [0.5, 0.6) is 5.75 Å². The van der Waals surface area contributed by atoms with Crippen molar-refractivity contribution in [3.05, 3.63) is 59.4 Å². The topological polar surface area (TPSA) is 34.1 Å². The van der Waals surface area contributed by atoms with Gasteiger partial charge in [0.25, 0.3) is 0 Å². The summed E-state index contributed by atoms with van der Waals surface area (Å²) in [5.74, 6) is 3.11. The number of rotatable bonds is 7. The zero-order chi connectivity index (χ0) is 16.8. The minimum atomic E-state index is -0.240. The zero-order valence-electron chi connectivity index (χ0n) is 13.9. The number of halogens is 1. The predicted octanol–water partition coefficient (Wildman–Crippen LogP) is 4.21. The van der Waals surface area contributed by atoms with E-state index in [0.717, 1.165) is 30.2 Å². The summed E-state index contributed by atoms with van der Waals surface area (Å²) in [6.45, 7) is 2.53. The van der Waals surface area contributed by atoms with Gasteiger partial charge in [0.1, 0.15) is 17.7 Å². The van der Waals surface area contributed by atoms with Gasteiger partial charge in [-0.15, -0.1) is 23.4 Å². The predicted molar refractivity (Wildman–Crippen MR) is 102 cm³/mol. The van der Waals surface area contributed by atoms with E-state index in [9.17, 15) is 0 Å². The fourth-order valence-electron chi connectivity index (χ4n) is 2.66. The molecular weight excluding hydrogens is 340 g/mol. The molecular formula is C19H23ClN2OS. The summed E-state index contributed by atoms with van der Waals surface area (Å²) >= 11 is 8.36. The smallest absolute Gasteiger partial charge is 0.119 e. The highest BCUT2D eigenvalue weighted by atomic mass is 35.5. The van der Waals surface area contributed by atoms with E-state index in [0.29, 0.717) is 12.6 Å². The molecule has 24 heavy (non-hydrogen) atoms. The van der Waals surface area contributed by atoms with E-state index in [2.05, 4.69) is 35.4 Å². The fourth-order valence-corrected chi connectivity index (χ4v) is 3.84. The van der Waals surface area contributed by atoms with Crippen molar-refractivity contribution in [1.82, 2.24) is 10.3 Å². The summed E-state index contributed by atoms with van der Waals surface area (Å²) in [6.07, 6.45) is 3.94. The molecule has 1 saturated heterocycles. The number of alkyl halides is 1. The van der Waals surface area contributed by atoms with Crippen molar-refractivity contribution in [2.24, 2.45) is 0 Å². The van der Waals surface area contributed by atoms with Crippen molar-refractivity contribution in [2.45, 2.75) is 31.2 Å². The molecule has 2 atom stereocenters. The van der Waals surface area contributed by atoms with Gasteiger partial charge in [-0.3, -0.25) is 4.98 Å². The second kappa shape index (κ2) is 8.75. The Labute approximate surface area is 153 Å². The lowest BCUT2D eigenvalue weighted by molar-refractivity contribution is 0.315. The number of thioether (sulfide) groups is 1. The van der Waals surface area contributed by atoms with Crippen LogP contribution in [0.15, 0.2) is 42.6 Å². The molecule has 1 aromatic carbocycles. The molecule has 3 rings (SSSR count). The van der Waals surface area contributed by atoms with Crippen LogP contribution in [-0.2, 0) is 12.8 Å². The lowest BCUT2D eigenvalue weighted by Gasteiger charge is -2.13. The quantitative estimate of drug-likeness (QED) is 0.748. The second-order valence-electron chi connectivity index (χ2n) is 5.99. The van der Waals surface area contributed by atoms with Crippen LogP contribution in [0.4, 0.5) is 0 Å². The highest BCUT2D eigenvalue weighted by molar-refractivity contribution is 7.99. The normalized spacial score (nSPS) is 18.5. The Hall–Kier alpha value is -1.23. The molecule has 2 heterocycles. The molecule has 0 saturated carbocycles. The van der Waals surface area contributed by atoms with Crippen LogP contribution < -0.4 is 10.1 Å².